The molecule has 1 unspecified atom stereocenters. The molecule has 0 radical (unpaired) electrons. The minimum atomic E-state index is -0.522. The van der Waals surface area contributed by atoms with Crippen LogP contribution < -0.4 is 11.1 Å². The Hall–Kier alpha value is -1.00. The largest absolute Gasteiger partial charge is 0.329 e. The highest BCUT2D eigenvalue weighted by molar-refractivity contribution is 5.23. The highest BCUT2D eigenvalue weighted by Crippen LogP contribution is 2.24. The van der Waals surface area contributed by atoms with Gasteiger partial charge in [-0.1, -0.05) is 18.9 Å². The number of hydrogen-bond donors (Lipinski definition) is 2. The van der Waals surface area contributed by atoms with E-state index >= 15 is 0 Å². The van der Waals surface area contributed by atoms with Gasteiger partial charge in [0.2, 0.25) is 0 Å². The molecule has 0 heterocycles. The van der Waals surface area contributed by atoms with Gasteiger partial charge in [-0.3, -0.25) is 0 Å². The molecule has 2 nitrogen and oxygen atoms in total. The summed E-state index contributed by atoms with van der Waals surface area (Å²) in [6.07, 6.45) is 4.47. The third-order valence-corrected chi connectivity index (χ3v) is 3.38. The van der Waals surface area contributed by atoms with Gasteiger partial charge >= 0.3 is 0 Å². The van der Waals surface area contributed by atoms with Crippen molar-refractivity contribution in [2.45, 2.75) is 37.8 Å². The van der Waals surface area contributed by atoms with E-state index in [2.05, 4.69) is 5.32 Å². The Kier molecular flexibility index (Phi) is 4.07. The van der Waals surface area contributed by atoms with Crippen molar-refractivity contribution in [2.24, 2.45) is 5.73 Å². The Bertz CT molecular complexity index is 355. The Morgan fingerprint density at radius 1 is 1.24 bits per heavy atom. The van der Waals surface area contributed by atoms with E-state index < -0.39 is 17.7 Å². The number of nitrogens with one attached hydrogen (secondary N) is 1. The standard InChI is InChI=1S/C13H18F2N2/c14-10-6-3-7-11(15)13(10)12(8-16)17-9-4-1-2-5-9/h3,6-7,9,12,17H,1-2,4-5,8,16H2. The summed E-state index contributed by atoms with van der Waals surface area (Å²) in [5.74, 6) is -1.04. The molecule has 4 heteroatoms. The lowest BCUT2D eigenvalue weighted by molar-refractivity contribution is 0.415. The molecule has 0 saturated heterocycles. The van der Waals surface area contributed by atoms with Gasteiger partial charge < -0.3 is 11.1 Å². The van der Waals surface area contributed by atoms with Crippen molar-refractivity contribution in [3.8, 4) is 0 Å². The fourth-order valence-corrected chi connectivity index (χ4v) is 2.49. The normalized spacial score (nSPS) is 18.5. The molecule has 1 aliphatic rings. The highest BCUT2D eigenvalue weighted by Gasteiger charge is 2.23. The minimum absolute atomic E-state index is 0.0712. The maximum absolute atomic E-state index is 13.6. The summed E-state index contributed by atoms with van der Waals surface area (Å²) < 4.78 is 27.3. The van der Waals surface area contributed by atoms with Crippen LogP contribution >= 0.6 is 0 Å². The Morgan fingerprint density at radius 3 is 2.35 bits per heavy atom. The van der Waals surface area contributed by atoms with Crippen molar-refractivity contribution in [2.75, 3.05) is 6.54 Å². The number of nitrogens with two attached hydrogens (primary N) is 1. The van der Waals surface area contributed by atoms with E-state index in [0.717, 1.165) is 12.8 Å². The van der Waals surface area contributed by atoms with Crippen molar-refractivity contribution in [1.82, 2.24) is 5.32 Å². The molecule has 94 valence electrons. The maximum Gasteiger partial charge on any atom is 0.130 e. The van der Waals surface area contributed by atoms with Crippen LogP contribution in [0.2, 0.25) is 0 Å². The van der Waals surface area contributed by atoms with Crippen LogP contribution in [0.25, 0.3) is 0 Å². The first kappa shape index (κ1) is 12.5. The third kappa shape index (κ3) is 2.82. The van der Waals surface area contributed by atoms with E-state index in [1.54, 1.807) is 0 Å². The number of rotatable bonds is 4. The zero-order valence-corrected chi connectivity index (χ0v) is 9.76. The van der Waals surface area contributed by atoms with Crippen LogP contribution in [0.15, 0.2) is 18.2 Å². The van der Waals surface area contributed by atoms with Gasteiger partial charge in [0.25, 0.3) is 0 Å². The van der Waals surface area contributed by atoms with Gasteiger partial charge in [-0.25, -0.2) is 8.78 Å². The molecule has 0 aliphatic heterocycles. The topological polar surface area (TPSA) is 38.0 Å². The molecule has 0 bridgehead atoms. The quantitative estimate of drug-likeness (QED) is 0.848. The second kappa shape index (κ2) is 5.56. The summed E-state index contributed by atoms with van der Waals surface area (Å²) in [5.41, 5.74) is 5.70. The molecule has 1 aliphatic carbocycles. The molecule has 0 spiro atoms. The lowest BCUT2D eigenvalue weighted by Crippen LogP contribution is -2.36. The summed E-state index contributed by atoms with van der Waals surface area (Å²) in [6.45, 7) is 0.203. The first-order valence-corrected chi connectivity index (χ1v) is 6.12. The fraction of sp³-hybridized carbons (Fsp3) is 0.538. The van der Waals surface area contributed by atoms with Gasteiger partial charge in [0.1, 0.15) is 11.6 Å². The summed E-state index contributed by atoms with van der Waals surface area (Å²) in [5, 5.41) is 3.26. The van der Waals surface area contributed by atoms with E-state index in [0.29, 0.717) is 6.04 Å². The van der Waals surface area contributed by atoms with E-state index in [9.17, 15) is 8.78 Å². The van der Waals surface area contributed by atoms with E-state index in [1.807, 2.05) is 0 Å². The third-order valence-electron chi connectivity index (χ3n) is 3.38. The van der Waals surface area contributed by atoms with Crippen LogP contribution in [0, 0.1) is 11.6 Å². The number of halogens is 2. The molecular formula is C13H18F2N2. The van der Waals surface area contributed by atoms with Crippen molar-refractivity contribution in [3.63, 3.8) is 0 Å². The average molecular weight is 240 g/mol. The molecule has 1 fully saturated rings. The average Bonchev–Trinajstić information content (AvgIpc) is 2.80. The van der Waals surface area contributed by atoms with E-state index in [-0.39, 0.29) is 12.1 Å². The van der Waals surface area contributed by atoms with E-state index in [4.69, 9.17) is 5.73 Å². The van der Waals surface area contributed by atoms with Crippen LogP contribution in [0.4, 0.5) is 8.78 Å². The summed E-state index contributed by atoms with van der Waals surface area (Å²) >= 11 is 0. The van der Waals surface area contributed by atoms with Crippen LogP contribution in [-0.4, -0.2) is 12.6 Å². The van der Waals surface area contributed by atoms with Gasteiger partial charge in [-0.05, 0) is 25.0 Å². The SMILES string of the molecule is NCC(NC1CCCC1)c1c(F)cccc1F. The first-order chi connectivity index (χ1) is 8.22. The molecule has 0 amide bonds. The van der Waals surface area contributed by atoms with Crippen molar-refractivity contribution in [1.29, 1.82) is 0 Å². The Balaban J connectivity index is 2.16. The Labute approximate surface area is 100 Å². The summed E-state index contributed by atoms with van der Waals surface area (Å²) in [4.78, 5) is 0. The van der Waals surface area contributed by atoms with Gasteiger partial charge in [0, 0.05) is 18.2 Å². The van der Waals surface area contributed by atoms with Gasteiger partial charge in [0.05, 0.1) is 6.04 Å². The molecular weight excluding hydrogens is 222 g/mol. The number of benzene rings is 1. The minimum Gasteiger partial charge on any atom is -0.329 e. The zero-order valence-electron chi connectivity index (χ0n) is 9.76. The molecule has 2 rings (SSSR count). The number of hydrogen-bond acceptors (Lipinski definition) is 2. The molecule has 17 heavy (non-hydrogen) atoms. The predicted octanol–water partition coefficient (Wildman–Crippen LogP) is 2.50. The monoisotopic (exact) mass is 240 g/mol. The summed E-state index contributed by atoms with van der Waals surface area (Å²) in [7, 11) is 0. The lowest BCUT2D eigenvalue weighted by Gasteiger charge is -2.22. The van der Waals surface area contributed by atoms with Gasteiger partial charge in [-0.2, -0.15) is 0 Å². The highest BCUT2D eigenvalue weighted by atomic mass is 19.1. The first-order valence-electron chi connectivity index (χ1n) is 6.12. The van der Waals surface area contributed by atoms with E-state index in [1.165, 1.54) is 31.0 Å². The molecule has 1 aromatic rings. The van der Waals surface area contributed by atoms with Crippen molar-refractivity contribution in [3.05, 3.63) is 35.4 Å². The van der Waals surface area contributed by atoms with Crippen LogP contribution in [0.1, 0.15) is 37.3 Å². The maximum atomic E-state index is 13.6. The van der Waals surface area contributed by atoms with Crippen LogP contribution in [-0.2, 0) is 0 Å². The van der Waals surface area contributed by atoms with Gasteiger partial charge in [-0.15, -0.1) is 0 Å². The Morgan fingerprint density at radius 2 is 1.82 bits per heavy atom. The molecule has 0 aromatic heterocycles. The molecule has 1 aromatic carbocycles. The van der Waals surface area contributed by atoms with Crippen molar-refractivity contribution >= 4 is 0 Å². The second-order valence-corrected chi connectivity index (χ2v) is 4.57. The van der Waals surface area contributed by atoms with Crippen LogP contribution in [0.3, 0.4) is 0 Å². The van der Waals surface area contributed by atoms with Gasteiger partial charge in [0.15, 0.2) is 0 Å². The molecule has 3 N–H and O–H groups in total. The lowest BCUT2D eigenvalue weighted by atomic mass is 10.0. The van der Waals surface area contributed by atoms with Crippen LogP contribution in [0.5, 0.6) is 0 Å². The zero-order chi connectivity index (χ0) is 12.3. The molecule has 1 saturated carbocycles. The fourth-order valence-electron chi connectivity index (χ4n) is 2.49. The second-order valence-electron chi connectivity index (χ2n) is 4.57. The molecule has 1 atom stereocenters. The smallest absolute Gasteiger partial charge is 0.130 e. The summed E-state index contributed by atoms with van der Waals surface area (Å²) in [6, 6.07) is 3.83. The van der Waals surface area contributed by atoms with Crippen molar-refractivity contribution < 1.29 is 8.78 Å². The predicted molar refractivity (Wildman–Crippen MR) is 63.5 cm³/mol.